The van der Waals surface area contributed by atoms with E-state index in [9.17, 15) is 4.39 Å². The first kappa shape index (κ1) is 10.4. The smallest absolute Gasteiger partial charge is 0.221 e. The summed E-state index contributed by atoms with van der Waals surface area (Å²) in [5.41, 5.74) is 7.34. The van der Waals surface area contributed by atoms with Gasteiger partial charge >= 0.3 is 0 Å². The van der Waals surface area contributed by atoms with Gasteiger partial charge in [-0.2, -0.15) is 4.39 Å². The number of nitrogens with two attached hydrogens (primary N) is 1. The zero-order valence-electron chi connectivity index (χ0n) is 9.61. The van der Waals surface area contributed by atoms with Crippen molar-refractivity contribution in [2.24, 2.45) is 0 Å². The highest BCUT2D eigenvalue weighted by molar-refractivity contribution is 5.59. The first-order chi connectivity index (χ1) is 8.20. The Morgan fingerprint density at radius 2 is 2.35 bits per heavy atom. The Hall–Kier alpha value is -1.78. The van der Waals surface area contributed by atoms with Gasteiger partial charge in [-0.25, -0.2) is 4.98 Å². The number of halogens is 1. The minimum Gasteiger partial charge on any atom is -0.492 e. The first-order valence-electron chi connectivity index (χ1n) is 5.80. The van der Waals surface area contributed by atoms with Gasteiger partial charge in [-0.05, 0) is 19.8 Å². The molecule has 1 aliphatic carbocycles. The van der Waals surface area contributed by atoms with E-state index in [0.29, 0.717) is 29.4 Å². The SMILES string of the molecule is CCOc1cc2nc(C3CC3)c(F)n2cc1N. The molecular formula is C12H14FN3O. The Balaban J connectivity index is 2.15. The van der Waals surface area contributed by atoms with E-state index in [0.717, 1.165) is 12.8 Å². The van der Waals surface area contributed by atoms with Crippen LogP contribution in [0.2, 0.25) is 0 Å². The number of hydrogen-bond donors (Lipinski definition) is 1. The average molecular weight is 235 g/mol. The minimum absolute atomic E-state index is 0.284. The van der Waals surface area contributed by atoms with Crippen molar-refractivity contribution in [3.8, 4) is 5.75 Å². The summed E-state index contributed by atoms with van der Waals surface area (Å²) in [5, 5.41) is 0. The summed E-state index contributed by atoms with van der Waals surface area (Å²) in [7, 11) is 0. The predicted octanol–water partition coefficient (Wildman–Crippen LogP) is 2.33. The molecule has 2 aromatic heterocycles. The lowest BCUT2D eigenvalue weighted by Crippen LogP contribution is -2.00. The summed E-state index contributed by atoms with van der Waals surface area (Å²) in [4.78, 5) is 4.31. The Morgan fingerprint density at radius 1 is 1.59 bits per heavy atom. The van der Waals surface area contributed by atoms with Gasteiger partial charge in [0, 0.05) is 18.2 Å². The maximum Gasteiger partial charge on any atom is 0.221 e. The number of nitrogens with zero attached hydrogens (tertiary/aromatic N) is 2. The molecule has 0 spiro atoms. The van der Waals surface area contributed by atoms with E-state index in [1.807, 2.05) is 6.92 Å². The molecule has 0 aromatic carbocycles. The number of hydrogen-bond acceptors (Lipinski definition) is 3. The maximum atomic E-state index is 14.0. The highest BCUT2D eigenvalue weighted by Gasteiger charge is 2.30. The molecule has 0 saturated heterocycles. The number of ether oxygens (including phenoxy) is 1. The highest BCUT2D eigenvalue weighted by atomic mass is 19.1. The van der Waals surface area contributed by atoms with Gasteiger partial charge in [0.25, 0.3) is 0 Å². The fraction of sp³-hybridized carbons (Fsp3) is 0.417. The fourth-order valence-corrected chi connectivity index (χ4v) is 1.97. The third-order valence-corrected chi connectivity index (χ3v) is 2.98. The molecule has 90 valence electrons. The van der Waals surface area contributed by atoms with E-state index < -0.39 is 0 Å². The lowest BCUT2D eigenvalue weighted by molar-refractivity contribution is 0.342. The zero-order chi connectivity index (χ0) is 12.0. The molecule has 4 nitrogen and oxygen atoms in total. The van der Waals surface area contributed by atoms with E-state index in [2.05, 4.69) is 4.98 Å². The molecule has 2 heterocycles. The van der Waals surface area contributed by atoms with Crippen LogP contribution in [0.3, 0.4) is 0 Å². The zero-order valence-corrected chi connectivity index (χ0v) is 9.61. The summed E-state index contributed by atoms with van der Waals surface area (Å²) < 4.78 is 20.8. The Morgan fingerprint density at radius 3 is 3.00 bits per heavy atom. The molecule has 1 fully saturated rings. The second kappa shape index (κ2) is 3.61. The van der Waals surface area contributed by atoms with Crippen LogP contribution >= 0.6 is 0 Å². The van der Waals surface area contributed by atoms with Crippen molar-refractivity contribution in [3.63, 3.8) is 0 Å². The second-order valence-electron chi connectivity index (χ2n) is 4.32. The van der Waals surface area contributed by atoms with E-state index in [-0.39, 0.29) is 11.9 Å². The van der Waals surface area contributed by atoms with Gasteiger partial charge in [0.05, 0.1) is 18.0 Å². The van der Waals surface area contributed by atoms with Crippen LogP contribution in [0.25, 0.3) is 5.65 Å². The van der Waals surface area contributed by atoms with Gasteiger partial charge in [-0.1, -0.05) is 0 Å². The third kappa shape index (κ3) is 1.62. The molecule has 2 aromatic rings. The molecular weight excluding hydrogens is 221 g/mol. The number of pyridine rings is 1. The number of imidazole rings is 1. The van der Waals surface area contributed by atoms with Gasteiger partial charge in [0.1, 0.15) is 11.4 Å². The van der Waals surface area contributed by atoms with E-state index in [1.165, 1.54) is 10.6 Å². The standard InChI is InChI=1S/C12H14FN3O/c1-2-17-9-5-10-15-11(7-3-4-7)12(13)16(10)6-8(9)14/h5-7H,2-4,14H2,1H3. The van der Waals surface area contributed by atoms with Gasteiger partial charge in [-0.3, -0.25) is 4.40 Å². The molecule has 2 N–H and O–H groups in total. The largest absolute Gasteiger partial charge is 0.492 e. The van der Waals surface area contributed by atoms with Crippen molar-refractivity contribution in [2.75, 3.05) is 12.3 Å². The van der Waals surface area contributed by atoms with Crippen molar-refractivity contribution >= 4 is 11.3 Å². The van der Waals surface area contributed by atoms with Crippen molar-refractivity contribution in [1.29, 1.82) is 0 Å². The monoisotopic (exact) mass is 235 g/mol. The van der Waals surface area contributed by atoms with Crippen LogP contribution in [0.15, 0.2) is 12.3 Å². The van der Waals surface area contributed by atoms with E-state index in [4.69, 9.17) is 10.5 Å². The van der Waals surface area contributed by atoms with Gasteiger partial charge in [0.15, 0.2) is 0 Å². The van der Waals surface area contributed by atoms with Crippen LogP contribution in [0.5, 0.6) is 5.75 Å². The van der Waals surface area contributed by atoms with Gasteiger partial charge in [-0.15, -0.1) is 0 Å². The number of fused-ring (bicyclic) bond motifs is 1. The quantitative estimate of drug-likeness (QED) is 0.888. The number of anilines is 1. The van der Waals surface area contributed by atoms with Crippen molar-refractivity contribution in [2.45, 2.75) is 25.7 Å². The molecule has 5 heteroatoms. The van der Waals surface area contributed by atoms with Crippen LogP contribution in [-0.2, 0) is 0 Å². The molecule has 0 bridgehead atoms. The van der Waals surface area contributed by atoms with E-state index in [1.54, 1.807) is 6.07 Å². The molecule has 0 atom stereocenters. The predicted molar refractivity (Wildman–Crippen MR) is 62.7 cm³/mol. The maximum absolute atomic E-state index is 14.0. The molecule has 1 aliphatic rings. The summed E-state index contributed by atoms with van der Waals surface area (Å²) in [6, 6.07) is 1.69. The number of nitrogen functional groups attached to an aromatic ring is 1. The highest BCUT2D eigenvalue weighted by Crippen LogP contribution is 2.41. The lowest BCUT2D eigenvalue weighted by atomic mass is 10.3. The third-order valence-electron chi connectivity index (χ3n) is 2.98. The van der Waals surface area contributed by atoms with Crippen molar-refractivity contribution < 1.29 is 9.13 Å². The van der Waals surface area contributed by atoms with Crippen molar-refractivity contribution in [3.05, 3.63) is 23.9 Å². The molecule has 0 amide bonds. The molecule has 17 heavy (non-hydrogen) atoms. The van der Waals surface area contributed by atoms with Crippen molar-refractivity contribution in [1.82, 2.24) is 9.38 Å². The molecule has 0 aliphatic heterocycles. The average Bonchev–Trinajstić information content (AvgIpc) is 3.09. The molecule has 3 rings (SSSR count). The van der Waals surface area contributed by atoms with Gasteiger partial charge < -0.3 is 10.5 Å². The summed E-state index contributed by atoms with van der Waals surface area (Å²) in [6.45, 7) is 2.41. The summed E-state index contributed by atoms with van der Waals surface area (Å²) >= 11 is 0. The number of rotatable bonds is 3. The van der Waals surface area contributed by atoms with Gasteiger partial charge in [0.2, 0.25) is 5.95 Å². The molecule has 0 radical (unpaired) electrons. The van der Waals surface area contributed by atoms with Crippen LogP contribution in [-0.4, -0.2) is 16.0 Å². The van der Waals surface area contributed by atoms with Crippen LogP contribution in [0.4, 0.5) is 10.1 Å². The summed E-state index contributed by atoms with van der Waals surface area (Å²) in [6.07, 6.45) is 3.58. The molecule has 0 unspecified atom stereocenters. The number of aromatic nitrogens is 2. The van der Waals surface area contributed by atoms with Crippen LogP contribution in [0, 0.1) is 5.95 Å². The summed E-state index contributed by atoms with van der Waals surface area (Å²) in [5.74, 6) is 0.552. The Bertz CT molecular complexity index is 575. The minimum atomic E-state index is -0.294. The topological polar surface area (TPSA) is 52.5 Å². The Kier molecular flexibility index (Phi) is 2.21. The van der Waals surface area contributed by atoms with E-state index >= 15 is 0 Å². The Labute approximate surface area is 98.2 Å². The van der Waals surface area contributed by atoms with Crippen LogP contribution < -0.4 is 10.5 Å². The lowest BCUT2D eigenvalue weighted by Gasteiger charge is -2.06. The normalized spacial score (nSPS) is 15.4. The van der Waals surface area contributed by atoms with Crippen LogP contribution in [0.1, 0.15) is 31.4 Å². The fourth-order valence-electron chi connectivity index (χ4n) is 1.97. The first-order valence-corrected chi connectivity index (χ1v) is 5.80. The molecule has 1 saturated carbocycles. The second-order valence-corrected chi connectivity index (χ2v) is 4.32.